The van der Waals surface area contributed by atoms with Gasteiger partial charge in [0.1, 0.15) is 0 Å². The van der Waals surface area contributed by atoms with Crippen molar-refractivity contribution in [2.45, 2.75) is 18.2 Å². The van der Waals surface area contributed by atoms with E-state index in [1.165, 1.54) is 11.4 Å². The fourth-order valence-electron chi connectivity index (χ4n) is 1.82. The summed E-state index contributed by atoms with van der Waals surface area (Å²) in [7, 11) is -2.09. The van der Waals surface area contributed by atoms with Crippen LogP contribution in [0.5, 0.6) is 0 Å². The molecular formula is C14H21N3O3S. The van der Waals surface area contributed by atoms with Crippen LogP contribution >= 0.6 is 0 Å². The lowest BCUT2D eigenvalue weighted by Gasteiger charge is -2.21. The minimum absolute atomic E-state index is 0.151. The van der Waals surface area contributed by atoms with Gasteiger partial charge in [0, 0.05) is 38.9 Å². The lowest BCUT2D eigenvalue weighted by molar-refractivity contribution is 0.179. The molecule has 1 N–H and O–H groups in total. The molecule has 6 nitrogen and oxygen atoms in total. The molecule has 0 bridgehead atoms. The van der Waals surface area contributed by atoms with Crippen LogP contribution in [-0.4, -0.2) is 46.1 Å². The zero-order chi connectivity index (χ0) is 15.7. The third kappa shape index (κ3) is 5.01. The van der Waals surface area contributed by atoms with Crippen molar-refractivity contribution in [1.29, 1.82) is 5.26 Å². The van der Waals surface area contributed by atoms with Gasteiger partial charge in [0.05, 0.1) is 17.6 Å². The Morgan fingerprint density at radius 3 is 2.48 bits per heavy atom. The molecule has 0 aromatic heterocycles. The molecule has 1 aromatic rings. The molecular weight excluding hydrogens is 290 g/mol. The van der Waals surface area contributed by atoms with Gasteiger partial charge in [0.15, 0.2) is 0 Å². The first-order valence-corrected chi connectivity index (χ1v) is 8.20. The molecule has 0 radical (unpaired) electrons. The van der Waals surface area contributed by atoms with E-state index in [9.17, 15) is 8.42 Å². The first kappa shape index (κ1) is 17.4. The maximum Gasteiger partial charge on any atom is 0.243 e. The second-order valence-corrected chi connectivity index (χ2v) is 6.30. The SMILES string of the molecule is CCNc1ccc(S(=O)(=O)N(CCC#N)CCOC)cc1. The largest absolute Gasteiger partial charge is 0.385 e. The van der Waals surface area contributed by atoms with Crippen molar-refractivity contribution in [3.8, 4) is 6.07 Å². The zero-order valence-corrected chi connectivity index (χ0v) is 13.2. The molecule has 0 spiro atoms. The Morgan fingerprint density at radius 1 is 1.29 bits per heavy atom. The molecule has 0 aliphatic carbocycles. The quantitative estimate of drug-likeness (QED) is 0.750. The first-order chi connectivity index (χ1) is 10.1. The molecule has 0 aliphatic rings. The predicted molar refractivity (Wildman–Crippen MR) is 81.5 cm³/mol. The Balaban J connectivity index is 2.95. The fraction of sp³-hybridized carbons (Fsp3) is 0.500. The highest BCUT2D eigenvalue weighted by Crippen LogP contribution is 2.18. The number of nitriles is 1. The van der Waals surface area contributed by atoms with Crippen molar-refractivity contribution in [3.05, 3.63) is 24.3 Å². The van der Waals surface area contributed by atoms with Crippen molar-refractivity contribution < 1.29 is 13.2 Å². The molecule has 7 heteroatoms. The van der Waals surface area contributed by atoms with Crippen LogP contribution in [0.4, 0.5) is 5.69 Å². The molecule has 1 rings (SSSR count). The van der Waals surface area contributed by atoms with Gasteiger partial charge in [-0.05, 0) is 31.2 Å². The van der Waals surface area contributed by atoms with E-state index in [4.69, 9.17) is 10.00 Å². The van der Waals surface area contributed by atoms with E-state index in [0.29, 0.717) is 6.61 Å². The molecule has 0 fully saturated rings. The average molecular weight is 311 g/mol. The monoisotopic (exact) mass is 311 g/mol. The number of rotatable bonds is 9. The molecule has 116 valence electrons. The van der Waals surface area contributed by atoms with Gasteiger partial charge < -0.3 is 10.1 Å². The van der Waals surface area contributed by atoms with Gasteiger partial charge in [-0.2, -0.15) is 9.57 Å². The topological polar surface area (TPSA) is 82.4 Å². The zero-order valence-electron chi connectivity index (χ0n) is 12.4. The molecule has 0 saturated heterocycles. The summed E-state index contributed by atoms with van der Waals surface area (Å²) in [5.41, 5.74) is 0.872. The molecule has 0 atom stereocenters. The van der Waals surface area contributed by atoms with Crippen molar-refractivity contribution >= 4 is 15.7 Å². The number of sulfonamides is 1. The Bertz CT molecular complexity index is 564. The molecule has 21 heavy (non-hydrogen) atoms. The Kier molecular flexibility index (Phi) is 7.15. The van der Waals surface area contributed by atoms with Crippen LogP contribution in [0.1, 0.15) is 13.3 Å². The van der Waals surface area contributed by atoms with Crippen molar-refractivity contribution in [3.63, 3.8) is 0 Å². The Labute approximate surface area is 126 Å². The number of hydrogen-bond acceptors (Lipinski definition) is 5. The Hall–Kier alpha value is -1.62. The number of ether oxygens (including phenoxy) is 1. The lowest BCUT2D eigenvalue weighted by Crippen LogP contribution is -2.34. The van der Waals surface area contributed by atoms with Gasteiger partial charge in [-0.1, -0.05) is 0 Å². The van der Waals surface area contributed by atoms with E-state index in [2.05, 4.69) is 5.32 Å². The van der Waals surface area contributed by atoms with E-state index in [0.717, 1.165) is 12.2 Å². The molecule has 0 aliphatic heterocycles. The van der Waals surface area contributed by atoms with Crippen LogP contribution in [0, 0.1) is 11.3 Å². The number of nitrogens with zero attached hydrogens (tertiary/aromatic N) is 2. The number of anilines is 1. The van der Waals surface area contributed by atoms with Crippen molar-refractivity contribution in [1.82, 2.24) is 4.31 Å². The van der Waals surface area contributed by atoms with Crippen LogP contribution < -0.4 is 5.32 Å². The average Bonchev–Trinajstić information content (AvgIpc) is 2.48. The summed E-state index contributed by atoms with van der Waals surface area (Å²) in [6.07, 6.45) is 0.151. The van der Waals surface area contributed by atoms with Gasteiger partial charge >= 0.3 is 0 Å². The molecule has 0 unspecified atom stereocenters. The van der Waals surface area contributed by atoms with E-state index in [-0.39, 0.29) is 24.4 Å². The third-order valence-electron chi connectivity index (χ3n) is 2.89. The summed E-state index contributed by atoms with van der Waals surface area (Å²) in [6, 6.07) is 8.57. The van der Waals surface area contributed by atoms with Crippen LogP contribution in [0.15, 0.2) is 29.2 Å². The van der Waals surface area contributed by atoms with Crippen LogP contribution in [0.3, 0.4) is 0 Å². The number of nitrogens with one attached hydrogen (secondary N) is 1. The maximum absolute atomic E-state index is 12.6. The number of methoxy groups -OCH3 is 1. The summed E-state index contributed by atoms with van der Waals surface area (Å²) in [5.74, 6) is 0. The van der Waals surface area contributed by atoms with Crippen LogP contribution in [0.25, 0.3) is 0 Å². The van der Waals surface area contributed by atoms with E-state index in [1.54, 1.807) is 24.3 Å². The summed E-state index contributed by atoms with van der Waals surface area (Å²) in [4.78, 5) is 0.221. The van der Waals surface area contributed by atoms with Gasteiger partial charge in [0.2, 0.25) is 10.0 Å². The maximum atomic E-state index is 12.6. The summed E-state index contributed by atoms with van der Waals surface area (Å²) in [5, 5.41) is 11.8. The minimum atomic E-state index is -3.60. The third-order valence-corrected chi connectivity index (χ3v) is 4.80. The van der Waals surface area contributed by atoms with Crippen molar-refractivity contribution in [2.75, 3.05) is 38.7 Å². The lowest BCUT2D eigenvalue weighted by atomic mass is 10.3. The smallest absolute Gasteiger partial charge is 0.243 e. The van der Waals surface area contributed by atoms with Gasteiger partial charge in [-0.25, -0.2) is 8.42 Å². The molecule has 0 heterocycles. The second kappa shape index (κ2) is 8.62. The summed E-state index contributed by atoms with van der Waals surface area (Å²) >= 11 is 0. The predicted octanol–water partition coefficient (Wildman–Crippen LogP) is 1.67. The van der Waals surface area contributed by atoms with E-state index in [1.807, 2.05) is 13.0 Å². The van der Waals surface area contributed by atoms with Gasteiger partial charge in [0.25, 0.3) is 0 Å². The summed E-state index contributed by atoms with van der Waals surface area (Å²) < 4.78 is 31.3. The first-order valence-electron chi connectivity index (χ1n) is 6.76. The highest BCUT2D eigenvalue weighted by molar-refractivity contribution is 7.89. The number of hydrogen-bond donors (Lipinski definition) is 1. The van der Waals surface area contributed by atoms with Crippen LogP contribution in [0.2, 0.25) is 0 Å². The van der Waals surface area contributed by atoms with Gasteiger partial charge in [-0.3, -0.25) is 0 Å². The summed E-state index contributed by atoms with van der Waals surface area (Å²) in [6.45, 7) is 3.43. The van der Waals surface area contributed by atoms with E-state index >= 15 is 0 Å². The highest BCUT2D eigenvalue weighted by Gasteiger charge is 2.23. The fourth-order valence-corrected chi connectivity index (χ4v) is 3.24. The standard InChI is InChI=1S/C14H21N3O3S/c1-3-16-13-5-7-14(8-6-13)21(18,19)17(10-4-9-15)11-12-20-2/h5-8,16H,3-4,10-12H2,1-2H3. The normalized spacial score (nSPS) is 11.3. The van der Waals surface area contributed by atoms with Gasteiger partial charge in [-0.15, -0.1) is 0 Å². The number of benzene rings is 1. The molecule has 0 amide bonds. The van der Waals surface area contributed by atoms with E-state index < -0.39 is 10.0 Å². The van der Waals surface area contributed by atoms with Crippen LogP contribution in [-0.2, 0) is 14.8 Å². The minimum Gasteiger partial charge on any atom is -0.385 e. The molecule has 1 aromatic carbocycles. The Morgan fingerprint density at radius 2 is 1.95 bits per heavy atom. The van der Waals surface area contributed by atoms with Crippen molar-refractivity contribution in [2.24, 2.45) is 0 Å². The molecule has 0 saturated carbocycles. The highest BCUT2D eigenvalue weighted by atomic mass is 32.2. The second-order valence-electron chi connectivity index (χ2n) is 4.36.